The number of carboxylic acid groups (broad SMARTS) is 1. The van der Waals surface area contributed by atoms with Crippen LogP contribution in [0, 0.1) is 0 Å². The van der Waals surface area contributed by atoms with Crippen molar-refractivity contribution >= 4 is 38.1 Å². The first-order valence-corrected chi connectivity index (χ1v) is 12.3. The van der Waals surface area contributed by atoms with E-state index in [1.54, 1.807) is 0 Å². The SMILES string of the molecule is Cl.[CH3][SnH]([CH3])[CH2]CCC(=O)O. The molecule has 0 unspecified atom stereocenters. The first-order chi connectivity index (χ1) is 4.13. The fourth-order valence-electron chi connectivity index (χ4n) is 0.662. The molecule has 0 heterocycles. The zero-order valence-corrected chi connectivity index (χ0v) is 10.6. The van der Waals surface area contributed by atoms with Crippen molar-refractivity contribution in [2.75, 3.05) is 0 Å². The molecule has 0 rings (SSSR count). The number of hydrogen-bond acceptors (Lipinski definition) is 1. The maximum atomic E-state index is 10.0. The third-order valence-corrected chi connectivity index (χ3v) is 5.63. The van der Waals surface area contributed by atoms with Crippen LogP contribution in [-0.4, -0.2) is 30.8 Å². The van der Waals surface area contributed by atoms with Crippen LogP contribution in [0.3, 0.4) is 0 Å². The van der Waals surface area contributed by atoms with E-state index in [0.29, 0.717) is 6.42 Å². The number of hydrogen-bond donors (Lipinski definition) is 1. The molecule has 0 spiro atoms. The number of carboxylic acids is 1. The van der Waals surface area contributed by atoms with Crippen molar-refractivity contribution in [3.63, 3.8) is 0 Å². The molecule has 0 aliphatic rings. The van der Waals surface area contributed by atoms with Crippen LogP contribution in [0.15, 0.2) is 0 Å². The standard InChI is InChI=1S/C4H7O2.2CH3.ClH.Sn.H/c1-2-3-4(5)6;;;;;/h1-3H2,(H,5,6);2*1H3;1H;;. The third-order valence-electron chi connectivity index (χ3n) is 1.17. The van der Waals surface area contributed by atoms with Crippen LogP contribution in [0.4, 0.5) is 0 Å². The Labute approximate surface area is 75.2 Å². The Bertz CT molecular complexity index is 95.7. The fourth-order valence-corrected chi connectivity index (χ4v) is 3.57. The summed E-state index contributed by atoms with van der Waals surface area (Å²) in [5.41, 5.74) is 0. The second-order valence-electron chi connectivity index (χ2n) is 2.68. The van der Waals surface area contributed by atoms with Gasteiger partial charge in [0.1, 0.15) is 0 Å². The summed E-state index contributed by atoms with van der Waals surface area (Å²) in [6.07, 6.45) is 1.28. The molecule has 0 saturated heterocycles. The van der Waals surface area contributed by atoms with Gasteiger partial charge in [0.15, 0.2) is 0 Å². The molecule has 0 aromatic rings. The molecule has 0 atom stereocenters. The van der Waals surface area contributed by atoms with Gasteiger partial charge < -0.3 is 0 Å². The van der Waals surface area contributed by atoms with E-state index in [1.807, 2.05) is 0 Å². The molecule has 0 aliphatic carbocycles. The molecule has 2 nitrogen and oxygen atoms in total. The van der Waals surface area contributed by atoms with Crippen LogP contribution in [0.2, 0.25) is 14.3 Å². The third kappa shape index (κ3) is 11.4. The number of carbonyl (C=O) groups is 1. The van der Waals surface area contributed by atoms with Crippen molar-refractivity contribution in [2.45, 2.75) is 27.2 Å². The van der Waals surface area contributed by atoms with E-state index in [2.05, 4.69) is 9.88 Å². The van der Waals surface area contributed by atoms with Crippen LogP contribution in [0.25, 0.3) is 0 Å². The van der Waals surface area contributed by atoms with Gasteiger partial charge in [-0.1, -0.05) is 0 Å². The second-order valence-corrected chi connectivity index (χ2v) is 12.3. The normalized spacial score (nSPS) is 9.10. The van der Waals surface area contributed by atoms with Gasteiger partial charge in [-0.05, 0) is 0 Å². The Morgan fingerprint density at radius 1 is 1.50 bits per heavy atom. The molecule has 1 N–H and O–H groups in total. The Hall–Kier alpha value is 0.559. The molecule has 10 heavy (non-hydrogen) atoms. The van der Waals surface area contributed by atoms with E-state index < -0.39 is 25.7 Å². The fraction of sp³-hybridized carbons (Fsp3) is 0.833. The van der Waals surface area contributed by atoms with Crippen LogP contribution in [0.1, 0.15) is 12.8 Å². The van der Waals surface area contributed by atoms with Crippen LogP contribution in [0.5, 0.6) is 0 Å². The van der Waals surface area contributed by atoms with Crippen LogP contribution >= 0.6 is 12.4 Å². The first kappa shape index (κ1) is 13.2. The predicted molar refractivity (Wildman–Crippen MR) is 47.8 cm³/mol. The number of halogens is 1. The van der Waals surface area contributed by atoms with Gasteiger partial charge in [0.25, 0.3) is 0 Å². The average molecular weight is 273 g/mol. The molecule has 0 aromatic carbocycles. The maximum absolute atomic E-state index is 10.0. The molecule has 0 aromatic heterocycles. The monoisotopic (exact) mass is 274 g/mol. The topological polar surface area (TPSA) is 37.3 Å². The Balaban J connectivity index is 0. The van der Waals surface area contributed by atoms with Gasteiger partial charge in [-0.25, -0.2) is 0 Å². The molecule has 0 radical (unpaired) electrons. The van der Waals surface area contributed by atoms with Gasteiger partial charge in [0.05, 0.1) is 0 Å². The molecule has 4 heteroatoms. The zero-order valence-electron chi connectivity index (χ0n) is 6.46. The quantitative estimate of drug-likeness (QED) is 0.793. The van der Waals surface area contributed by atoms with Crippen LogP contribution in [-0.2, 0) is 4.79 Å². The van der Waals surface area contributed by atoms with E-state index in [0.717, 1.165) is 6.42 Å². The van der Waals surface area contributed by atoms with Gasteiger partial charge in [-0.15, -0.1) is 12.4 Å². The van der Waals surface area contributed by atoms with Crippen LogP contribution < -0.4 is 0 Å². The van der Waals surface area contributed by atoms with Crippen molar-refractivity contribution in [2.24, 2.45) is 0 Å². The number of aliphatic carboxylic acids is 1. The van der Waals surface area contributed by atoms with Crippen molar-refractivity contribution in [1.82, 2.24) is 0 Å². The van der Waals surface area contributed by atoms with Gasteiger partial charge in [-0.3, -0.25) is 0 Å². The molecular weight excluding hydrogens is 258 g/mol. The minimum atomic E-state index is -1.07. The van der Waals surface area contributed by atoms with Gasteiger partial charge in [0.2, 0.25) is 0 Å². The molecule has 0 aliphatic heterocycles. The molecule has 0 bridgehead atoms. The molecule has 0 amide bonds. The Morgan fingerprint density at radius 2 is 2.00 bits per heavy atom. The molecule has 0 saturated carbocycles. The first-order valence-electron chi connectivity index (χ1n) is 3.34. The van der Waals surface area contributed by atoms with Gasteiger partial charge in [-0.2, -0.15) is 0 Å². The summed E-state index contributed by atoms with van der Waals surface area (Å²) < 4.78 is 1.23. The predicted octanol–water partition coefficient (Wildman–Crippen LogP) is 1.76. The molecular formula is C6H15ClO2Sn. The average Bonchev–Trinajstić information content (AvgIpc) is 1.63. The van der Waals surface area contributed by atoms with Gasteiger partial charge in [0, 0.05) is 0 Å². The number of rotatable bonds is 4. The van der Waals surface area contributed by atoms with Crippen molar-refractivity contribution in [3.05, 3.63) is 0 Å². The summed E-state index contributed by atoms with van der Waals surface area (Å²) in [5, 5.41) is 8.25. The van der Waals surface area contributed by atoms with E-state index in [9.17, 15) is 4.79 Å². The minimum absolute atomic E-state index is 0. The summed E-state index contributed by atoms with van der Waals surface area (Å²) in [4.78, 5) is 14.6. The van der Waals surface area contributed by atoms with E-state index in [1.165, 1.54) is 4.44 Å². The Morgan fingerprint density at radius 3 is 2.30 bits per heavy atom. The summed E-state index contributed by atoms with van der Waals surface area (Å²) >= 11 is -1.07. The van der Waals surface area contributed by atoms with E-state index in [4.69, 9.17) is 5.11 Å². The van der Waals surface area contributed by atoms with E-state index in [-0.39, 0.29) is 12.4 Å². The summed E-state index contributed by atoms with van der Waals surface area (Å²) in [6.45, 7) is 0. The molecule has 0 fully saturated rings. The molecule has 62 valence electrons. The van der Waals surface area contributed by atoms with Crippen molar-refractivity contribution in [1.29, 1.82) is 0 Å². The summed E-state index contributed by atoms with van der Waals surface area (Å²) in [5.74, 6) is -0.651. The van der Waals surface area contributed by atoms with Gasteiger partial charge >= 0.3 is 62.8 Å². The second kappa shape index (κ2) is 7.66. The van der Waals surface area contributed by atoms with E-state index >= 15 is 0 Å². The summed E-state index contributed by atoms with van der Waals surface area (Å²) in [7, 11) is 0. The Kier molecular flexibility index (Phi) is 10.1. The van der Waals surface area contributed by atoms with Crippen molar-refractivity contribution < 1.29 is 9.90 Å². The van der Waals surface area contributed by atoms with Crippen molar-refractivity contribution in [3.8, 4) is 0 Å². The zero-order chi connectivity index (χ0) is 7.28. The summed E-state index contributed by atoms with van der Waals surface area (Å²) in [6, 6.07) is 0.